The predicted octanol–water partition coefficient (Wildman–Crippen LogP) is 3.80. The highest BCUT2D eigenvalue weighted by atomic mass is 32.2. The summed E-state index contributed by atoms with van der Waals surface area (Å²) in [6, 6.07) is 12.5. The van der Waals surface area contributed by atoms with E-state index in [9.17, 15) is 13.2 Å². The summed E-state index contributed by atoms with van der Waals surface area (Å²) >= 11 is 0. The van der Waals surface area contributed by atoms with Crippen molar-refractivity contribution in [3.8, 4) is 11.5 Å². The van der Waals surface area contributed by atoms with Gasteiger partial charge in [-0.2, -0.15) is 0 Å². The Morgan fingerprint density at radius 1 is 0.933 bits per heavy atom. The molecule has 0 radical (unpaired) electrons. The van der Waals surface area contributed by atoms with Gasteiger partial charge < -0.3 is 19.2 Å². The second-order valence-electron chi connectivity index (χ2n) is 6.69. The average molecular weight is 428 g/mol. The molecule has 156 valence electrons. The Morgan fingerprint density at radius 2 is 1.63 bits per heavy atom. The number of sulfonamides is 1. The van der Waals surface area contributed by atoms with Crippen LogP contribution in [-0.4, -0.2) is 27.5 Å². The third-order valence-corrected chi connectivity index (χ3v) is 5.91. The predicted molar refractivity (Wildman–Crippen MR) is 111 cm³/mol. The summed E-state index contributed by atoms with van der Waals surface area (Å²) in [5, 5.41) is 2.74. The molecule has 2 heterocycles. The van der Waals surface area contributed by atoms with Crippen LogP contribution in [-0.2, 0) is 10.0 Å². The fraction of sp³-hybridized carbons (Fsp3) is 0.190. The molecular formula is C21H20N2O6S. The van der Waals surface area contributed by atoms with Gasteiger partial charge in [0.25, 0.3) is 15.9 Å². The summed E-state index contributed by atoms with van der Waals surface area (Å²) in [5.41, 5.74) is 1.33. The van der Waals surface area contributed by atoms with Gasteiger partial charge in [-0.05, 0) is 49.4 Å². The minimum absolute atomic E-state index is 0.0690. The highest BCUT2D eigenvalue weighted by molar-refractivity contribution is 7.92. The van der Waals surface area contributed by atoms with E-state index < -0.39 is 10.0 Å². The number of carbonyl (C=O) groups excluding carboxylic acids is 1. The molecule has 0 fully saturated rings. The number of furan rings is 1. The van der Waals surface area contributed by atoms with E-state index in [1.165, 1.54) is 18.4 Å². The van der Waals surface area contributed by atoms with E-state index in [0.29, 0.717) is 47.4 Å². The molecule has 0 saturated carbocycles. The van der Waals surface area contributed by atoms with Crippen molar-refractivity contribution >= 4 is 27.3 Å². The second kappa shape index (κ2) is 8.11. The summed E-state index contributed by atoms with van der Waals surface area (Å²) in [5.74, 6) is 1.15. The van der Waals surface area contributed by atoms with Crippen LogP contribution in [0.15, 0.2) is 64.1 Å². The van der Waals surface area contributed by atoms with Crippen molar-refractivity contribution in [2.75, 3.05) is 23.3 Å². The monoisotopic (exact) mass is 428 g/mol. The quantitative estimate of drug-likeness (QED) is 0.640. The maximum absolute atomic E-state index is 12.7. The molecule has 9 heteroatoms. The molecule has 2 N–H and O–H groups in total. The number of nitrogens with one attached hydrogen (secondary N) is 2. The summed E-state index contributed by atoms with van der Waals surface area (Å²) in [6.07, 6.45) is 2.18. The van der Waals surface area contributed by atoms with Gasteiger partial charge in [0.15, 0.2) is 11.5 Å². The van der Waals surface area contributed by atoms with E-state index in [-0.39, 0.29) is 10.8 Å². The number of amides is 1. The molecule has 4 rings (SSSR count). The molecule has 0 bridgehead atoms. The van der Waals surface area contributed by atoms with Gasteiger partial charge in [-0.1, -0.05) is 0 Å². The van der Waals surface area contributed by atoms with Gasteiger partial charge in [0, 0.05) is 23.9 Å². The normalized spacial score (nSPS) is 13.4. The van der Waals surface area contributed by atoms with Crippen LogP contribution in [0.4, 0.5) is 11.4 Å². The number of benzene rings is 2. The molecule has 2 aromatic carbocycles. The largest absolute Gasteiger partial charge is 0.490 e. The van der Waals surface area contributed by atoms with Crippen LogP contribution in [0, 0.1) is 6.92 Å². The van der Waals surface area contributed by atoms with E-state index in [4.69, 9.17) is 13.9 Å². The Balaban J connectivity index is 1.47. The summed E-state index contributed by atoms with van der Waals surface area (Å²) in [6.45, 7) is 2.70. The number of hydrogen-bond acceptors (Lipinski definition) is 6. The molecule has 0 aliphatic carbocycles. The van der Waals surface area contributed by atoms with E-state index in [2.05, 4.69) is 10.0 Å². The van der Waals surface area contributed by atoms with Gasteiger partial charge in [-0.15, -0.1) is 0 Å². The Hall–Kier alpha value is -3.46. The SMILES string of the molecule is Cc1occc1C(=O)Nc1ccc(NS(=O)(=O)c2ccc3c(c2)OCCCO3)cc1. The fourth-order valence-electron chi connectivity index (χ4n) is 2.97. The van der Waals surface area contributed by atoms with Crippen LogP contribution < -0.4 is 19.5 Å². The smallest absolute Gasteiger partial charge is 0.262 e. The molecule has 1 aromatic heterocycles. The number of ether oxygens (including phenoxy) is 2. The van der Waals surface area contributed by atoms with Crippen molar-refractivity contribution in [2.45, 2.75) is 18.2 Å². The zero-order chi connectivity index (χ0) is 21.1. The van der Waals surface area contributed by atoms with Crippen molar-refractivity contribution in [3.05, 3.63) is 66.1 Å². The Morgan fingerprint density at radius 3 is 2.33 bits per heavy atom. The molecule has 1 aliphatic rings. The Bertz CT molecular complexity index is 1170. The lowest BCUT2D eigenvalue weighted by atomic mass is 10.2. The molecule has 1 amide bonds. The molecule has 30 heavy (non-hydrogen) atoms. The standard InChI is InChI=1S/C21H20N2O6S/c1-14-18(9-12-27-14)21(24)22-15-3-5-16(6-4-15)23-30(25,26)17-7-8-19-20(13-17)29-11-2-10-28-19/h3-9,12-13,23H,2,10-11H2,1H3,(H,22,24). The van der Waals surface area contributed by atoms with Gasteiger partial charge >= 0.3 is 0 Å². The van der Waals surface area contributed by atoms with E-state index in [1.54, 1.807) is 43.3 Å². The van der Waals surface area contributed by atoms with E-state index in [0.717, 1.165) is 6.42 Å². The highest BCUT2D eigenvalue weighted by Gasteiger charge is 2.19. The topological polar surface area (TPSA) is 107 Å². The zero-order valence-corrected chi connectivity index (χ0v) is 17.0. The van der Waals surface area contributed by atoms with Crippen molar-refractivity contribution in [3.63, 3.8) is 0 Å². The Labute approximate surface area is 173 Å². The van der Waals surface area contributed by atoms with Crippen molar-refractivity contribution in [1.29, 1.82) is 0 Å². The maximum atomic E-state index is 12.7. The van der Waals surface area contributed by atoms with E-state index in [1.807, 2.05) is 0 Å². The van der Waals surface area contributed by atoms with Crippen LogP contribution >= 0.6 is 0 Å². The first kappa shape index (κ1) is 19.8. The highest BCUT2D eigenvalue weighted by Crippen LogP contribution is 2.32. The molecule has 3 aromatic rings. The molecule has 0 unspecified atom stereocenters. The Kier molecular flexibility index (Phi) is 5.37. The van der Waals surface area contributed by atoms with Crippen LogP contribution in [0.3, 0.4) is 0 Å². The number of anilines is 2. The molecule has 8 nitrogen and oxygen atoms in total. The van der Waals surface area contributed by atoms with Crippen LogP contribution in [0.1, 0.15) is 22.5 Å². The lowest BCUT2D eigenvalue weighted by molar-refractivity contribution is 0.102. The van der Waals surface area contributed by atoms with Gasteiger partial charge in [0.1, 0.15) is 5.76 Å². The number of fused-ring (bicyclic) bond motifs is 1. The lowest BCUT2D eigenvalue weighted by Gasteiger charge is -2.12. The fourth-order valence-corrected chi connectivity index (χ4v) is 4.04. The maximum Gasteiger partial charge on any atom is 0.262 e. The third kappa shape index (κ3) is 4.25. The molecule has 0 spiro atoms. The van der Waals surface area contributed by atoms with Gasteiger partial charge in [0.2, 0.25) is 0 Å². The second-order valence-corrected chi connectivity index (χ2v) is 8.37. The molecule has 0 saturated heterocycles. The summed E-state index contributed by atoms with van der Waals surface area (Å²) in [4.78, 5) is 12.3. The van der Waals surface area contributed by atoms with Crippen molar-refractivity contribution in [2.24, 2.45) is 0 Å². The van der Waals surface area contributed by atoms with Crippen LogP contribution in [0.5, 0.6) is 11.5 Å². The number of aryl methyl sites for hydroxylation is 1. The van der Waals surface area contributed by atoms with Gasteiger partial charge in [0.05, 0.1) is 29.9 Å². The first-order chi connectivity index (χ1) is 14.4. The van der Waals surface area contributed by atoms with E-state index >= 15 is 0 Å². The minimum atomic E-state index is -3.82. The van der Waals surface area contributed by atoms with Gasteiger partial charge in [-0.25, -0.2) is 8.42 Å². The van der Waals surface area contributed by atoms with Crippen LogP contribution in [0.2, 0.25) is 0 Å². The third-order valence-electron chi connectivity index (χ3n) is 4.53. The summed E-state index contributed by atoms with van der Waals surface area (Å²) < 4.78 is 44.2. The minimum Gasteiger partial charge on any atom is -0.490 e. The number of carbonyl (C=O) groups is 1. The molecule has 0 atom stereocenters. The first-order valence-electron chi connectivity index (χ1n) is 9.30. The summed E-state index contributed by atoms with van der Waals surface area (Å²) in [7, 11) is -3.82. The first-order valence-corrected chi connectivity index (χ1v) is 10.8. The molecular weight excluding hydrogens is 408 g/mol. The van der Waals surface area contributed by atoms with Crippen molar-refractivity contribution < 1.29 is 27.1 Å². The lowest BCUT2D eigenvalue weighted by Crippen LogP contribution is -2.14. The zero-order valence-electron chi connectivity index (χ0n) is 16.2. The van der Waals surface area contributed by atoms with Gasteiger partial charge in [-0.3, -0.25) is 9.52 Å². The number of rotatable bonds is 5. The molecule has 1 aliphatic heterocycles. The average Bonchev–Trinajstić information content (AvgIpc) is 3.01. The van der Waals surface area contributed by atoms with Crippen LogP contribution in [0.25, 0.3) is 0 Å². The number of hydrogen-bond donors (Lipinski definition) is 2. The van der Waals surface area contributed by atoms with Crippen molar-refractivity contribution in [1.82, 2.24) is 0 Å².